The second-order valence-corrected chi connectivity index (χ2v) is 7.23. The summed E-state index contributed by atoms with van der Waals surface area (Å²) in [6.45, 7) is 1.66. The predicted molar refractivity (Wildman–Crippen MR) is 117 cm³/mol. The molecule has 8 heteroatoms. The fourth-order valence-electron chi connectivity index (χ4n) is 2.95. The van der Waals surface area contributed by atoms with Gasteiger partial charge < -0.3 is 14.5 Å². The van der Waals surface area contributed by atoms with E-state index < -0.39 is 4.92 Å². The van der Waals surface area contributed by atoms with Crippen molar-refractivity contribution >= 4 is 11.6 Å². The van der Waals surface area contributed by atoms with Crippen LogP contribution in [-0.2, 0) is 6.54 Å². The van der Waals surface area contributed by atoms with Crippen molar-refractivity contribution in [3.63, 3.8) is 0 Å². The Morgan fingerprint density at radius 3 is 2.52 bits per heavy atom. The molecule has 8 nitrogen and oxygen atoms in total. The Morgan fingerprint density at radius 1 is 1.03 bits per heavy atom. The molecule has 3 rings (SSSR count). The number of hydrogen-bond acceptors (Lipinski definition) is 6. The van der Waals surface area contributed by atoms with Gasteiger partial charge in [-0.2, -0.15) is 0 Å². The average molecular weight is 420 g/mol. The molecule has 31 heavy (non-hydrogen) atoms. The van der Waals surface area contributed by atoms with E-state index in [9.17, 15) is 14.9 Å². The van der Waals surface area contributed by atoms with Crippen molar-refractivity contribution in [3.05, 3.63) is 94.2 Å². The minimum atomic E-state index is -0.500. The molecule has 160 valence electrons. The highest BCUT2D eigenvalue weighted by atomic mass is 16.6. The van der Waals surface area contributed by atoms with Crippen molar-refractivity contribution in [2.24, 2.45) is 0 Å². The summed E-state index contributed by atoms with van der Waals surface area (Å²) in [7, 11) is 3.90. The molecule has 0 N–H and O–H groups in total. The monoisotopic (exact) mass is 420 g/mol. The smallest absolute Gasteiger partial charge is 0.273 e. The van der Waals surface area contributed by atoms with Gasteiger partial charge in [0.25, 0.3) is 11.6 Å². The third-order valence-corrected chi connectivity index (χ3v) is 4.57. The van der Waals surface area contributed by atoms with E-state index in [1.54, 1.807) is 23.1 Å². The summed E-state index contributed by atoms with van der Waals surface area (Å²) < 4.78 is 5.77. The number of nitrogens with zero attached hydrogens (tertiary/aromatic N) is 4. The molecule has 0 aliphatic carbocycles. The van der Waals surface area contributed by atoms with Crippen LogP contribution in [0.5, 0.6) is 11.6 Å². The van der Waals surface area contributed by atoms with Gasteiger partial charge in [-0.3, -0.25) is 14.9 Å². The summed E-state index contributed by atoms with van der Waals surface area (Å²) >= 11 is 0. The highest BCUT2D eigenvalue weighted by molar-refractivity contribution is 5.96. The number of likely N-dealkylation sites (N-methyl/N-ethyl adjacent to an activating group) is 1. The van der Waals surface area contributed by atoms with Crippen molar-refractivity contribution < 1.29 is 14.5 Å². The molecule has 0 saturated heterocycles. The highest BCUT2D eigenvalue weighted by Gasteiger charge is 2.22. The van der Waals surface area contributed by atoms with E-state index in [2.05, 4.69) is 4.98 Å². The van der Waals surface area contributed by atoms with E-state index in [-0.39, 0.29) is 23.2 Å². The molecule has 0 radical (unpaired) electrons. The molecule has 0 saturated carbocycles. The number of carbonyl (C=O) groups excluding carboxylic acids is 1. The number of nitro benzene ring substituents is 1. The SMILES string of the molecule is CN(C)CCN(Cc1ccccc1)C(=O)c1cccnc1Oc1cccc([N+](=O)[O-])c1. The number of rotatable bonds is 9. The fraction of sp³-hybridized carbons (Fsp3) is 0.217. The zero-order valence-electron chi connectivity index (χ0n) is 17.5. The number of pyridine rings is 1. The Hall–Kier alpha value is -3.78. The molecular weight excluding hydrogens is 396 g/mol. The van der Waals surface area contributed by atoms with Crippen molar-refractivity contribution in [2.45, 2.75) is 6.54 Å². The minimum absolute atomic E-state index is 0.0991. The number of nitro groups is 1. The number of benzene rings is 2. The molecule has 2 aromatic carbocycles. The summed E-state index contributed by atoms with van der Waals surface area (Å²) in [6, 6.07) is 18.9. The van der Waals surface area contributed by atoms with E-state index in [0.29, 0.717) is 25.2 Å². The van der Waals surface area contributed by atoms with E-state index in [0.717, 1.165) is 5.56 Å². The van der Waals surface area contributed by atoms with Crippen LogP contribution in [0, 0.1) is 10.1 Å². The van der Waals surface area contributed by atoms with E-state index in [4.69, 9.17) is 4.74 Å². The number of hydrogen-bond donors (Lipinski definition) is 0. The maximum absolute atomic E-state index is 13.4. The van der Waals surface area contributed by atoms with Crippen LogP contribution in [0.25, 0.3) is 0 Å². The first-order chi connectivity index (χ1) is 14.9. The normalized spacial score (nSPS) is 10.7. The first-order valence-corrected chi connectivity index (χ1v) is 9.79. The Kier molecular flexibility index (Phi) is 7.29. The summed E-state index contributed by atoms with van der Waals surface area (Å²) in [5.41, 5.74) is 1.21. The van der Waals surface area contributed by atoms with Gasteiger partial charge in [0.2, 0.25) is 5.88 Å². The van der Waals surface area contributed by atoms with Gasteiger partial charge in [0.15, 0.2) is 0 Å². The zero-order chi connectivity index (χ0) is 22.2. The van der Waals surface area contributed by atoms with Gasteiger partial charge in [-0.1, -0.05) is 36.4 Å². The number of aromatic nitrogens is 1. The highest BCUT2D eigenvalue weighted by Crippen LogP contribution is 2.27. The Labute approximate surface area is 180 Å². The lowest BCUT2D eigenvalue weighted by molar-refractivity contribution is -0.384. The quantitative estimate of drug-likeness (QED) is 0.384. The summed E-state index contributed by atoms with van der Waals surface area (Å²) in [5.74, 6) is 0.125. The van der Waals surface area contributed by atoms with E-state index in [1.165, 1.54) is 24.4 Å². The second kappa shape index (κ2) is 10.3. The first kappa shape index (κ1) is 21.9. The van der Waals surface area contributed by atoms with Crippen LogP contribution < -0.4 is 4.74 Å². The minimum Gasteiger partial charge on any atom is -0.438 e. The van der Waals surface area contributed by atoms with Crippen molar-refractivity contribution in [1.29, 1.82) is 0 Å². The molecule has 0 unspecified atom stereocenters. The summed E-state index contributed by atoms with van der Waals surface area (Å²) in [6.07, 6.45) is 1.52. The standard InChI is InChI=1S/C23H24N4O4/c1-25(2)14-15-26(17-18-8-4-3-5-9-18)23(28)21-12-7-13-24-22(21)31-20-11-6-10-19(16-20)27(29)30/h3-13,16H,14-15,17H2,1-2H3. The van der Waals surface area contributed by atoms with Crippen molar-refractivity contribution in [1.82, 2.24) is 14.8 Å². The lowest BCUT2D eigenvalue weighted by atomic mass is 10.1. The van der Waals surface area contributed by atoms with Crippen LogP contribution in [0.4, 0.5) is 5.69 Å². The van der Waals surface area contributed by atoms with Gasteiger partial charge in [0.05, 0.1) is 11.0 Å². The maximum atomic E-state index is 13.4. The van der Waals surface area contributed by atoms with Gasteiger partial charge in [0.1, 0.15) is 11.3 Å². The molecular formula is C23H24N4O4. The van der Waals surface area contributed by atoms with Gasteiger partial charge in [-0.05, 0) is 37.9 Å². The molecule has 0 aliphatic heterocycles. The van der Waals surface area contributed by atoms with Gasteiger partial charge in [-0.15, -0.1) is 0 Å². The molecule has 1 aromatic heterocycles. The lowest BCUT2D eigenvalue weighted by Crippen LogP contribution is -2.36. The number of ether oxygens (including phenoxy) is 1. The molecule has 1 heterocycles. The second-order valence-electron chi connectivity index (χ2n) is 7.23. The third-order valence-electron chi connectivity index (χ3n) is 4.57. The molecule has 0 bridgehead atoms. The van der Waals surface area contributed by atoms with Crippen LogP contribution in [0.3, 0.4) is 0 Å². The zero-order valence-corrected chi connectivity index (χ0v) is 17.5. The molecule has 0 atom stereocenters. The average Bonchev–Trinajstić information content (AvgIpc) is 2.77. The Balaban J connectivity index is 1.87. The van der Waals surface area contributed by atoms with Crippen LogP contribution in [0.2, 0.25) is 0 Å². The summed E-state index contributed by atoms with van der Waals surface area (Å²) in [4.78, 5) is 31.9. The van der Waals surface area contributed by atoms with Crippen LogP contribution in [-0.4, -0.2) is 52.8 Å². The fourth-order valence-corrected chi connectivity index (χ4v) is 2.95. The third kappa shape index (κ3) is 6.10. The Morgan fingerprint density at radius 2 is 1.81 bits per heavy atom. The Bertz CT molecular complexity index is 1040. The van der Waals surface area contributed by atoms with E-state index >= 15 is 0 Å². The van der Waals surface area contributed by atoms with Crippen LogP contribution in [0.15, 0.2) is 72.9 Å². The number of carbonyl (C=O) groups is 1. The number of non-ortho nitro benzene ring substituents is 1. The number of amides is 1. The molecule has 3 aromatic rings. The lowest BCUT2D eigenvalue weighted by Gasteiger charge is -2.25. The van der Waals surface area contributed by atoms with Gasteiger partial charge >= 0.3 is 0 Å². The van der Waals surface area contributed by atoms with Crippen LogP contribution in [0.1, 0.15) is 15.9 Å². The van der Waals surface area contributed by atoms with Gasteiger partial charge in [-0.25, -0.2) is 4.98 Å². The van der Waals surface area contributed by atoms with E-state index in [1.807, 2.05) is 49.3 Å². The topological polar surface area (TPSA) is 88.8 Å². The van der Waals surface area contributed by atoms with Gasteiger partial charge in [0, 0.05) is 31.9 Å². The predicted octanol–water partition coefficient (Wildman–Crippen LogP) is 3.99. The van der Waals surface area contributed by atoms with Crippen LogP contribution >= 0.6 is 0 Å². The molecule has 0 aliphatic rings. The molecule has 0 spiro atoms. The first-order valence-electron chi connectivity index (χ1n) is 9.79. The maximum Gasteiger partial charge on any atom is 0.273 e. The van der Waals surface area contributed by atoms with Crippen molar-refractivity contribution in [3.8, 4) is 11.6 Å². The summed E-state index contributed by atoms with van der Waals surface area (Å²) in [5, 5.41) is 11.0. The largest absolute Gasteiger partial charge is 0.438 e. The molecule has 1 amide bonds. The molecule has 0 fully saturated rings. The van der Waals surface area contributed by atoms with Crippen molar-refractivity contribution in [2.75, 3.05) is 27.2 Å².